The number of methoxy groups -OCH3 is 2. The summed E-state index contributed by atoms with van der Waals surface area (Å²) in [5.74, 6) is 1.82. The van der Waals surface area contributed by atoms with Crippen LogP contribution in [0.4, 0.5) is 5.95 Å². The lowest BCUT2D eigenvalue weighted by atomic mass is 10.0. The number of rotatable bonds is 5. The number of likely N-dealkylation sites (N-methyl/N-ethyl adjacent to an activating group) is 1. The Kier molecular flexibility index (Phi) is 4.00. The fourth-order valence-corrected chi connectivity index (χ4v) is 2.16. The molecule has 2 aromatic rings. The van der Waals surface area contributed by atoms with Crippen molar-refractivity contribution in [2.24, 2.45) is 0 Å². The van der Waals surface area contributed by atoms with Gasteiger partial charge < -0.3 is 24.7 Å². The van der Waals surface area contributed by atoms with E-state index in [1.165, 1.54) is 0 Å². The third-order valence-electron chi connectivity index (χ3n) is 4.04. The minimum absolute atomic E-state index is 0.0467. The first-order valence-corrected chi connectivity index (χ1v) is 6.85. The molecule has 6 heteroatoms. The second-order valence-corrected chi connectivity index (χ2v) is 5.96. The lowest BCUT2D eigenvalue weighted by Gasteiger charge is -2.33. The summed E-state index contributed by atoms with van der Waals surface area (Å²) in [6.45, 7) is 5.07. The number of ether oxygens (including phenoxy) is 2. The number of nitrogens with two attached hydrogens (primary N) is 1. The first kappa shape index (κ1) is 15.4. The van der Waals surface area contributed by atoms with Crippen molar-refractivity contribution in [1.82, 2.24) is 14.5 Å². The highest BCUT2D eigenvalue weighted by Gasteiger charge is 2.24. The first-order chi connectivity index (χ1) is 9.80. The maximum absolute atomic E-state index is 6.10. The molecule has 0 amide bonds. The van der Waals surface area contributed by atoms with E-state index in [4.69, 9.17) is 15.2 Å². The van der Waals surface area contributed by atoms with Crippen LogP contribution < -0.4 is 15.2 Å². The highest BCUT2D eigenvalue weighted by atomic mass is 16.5. The van der Waals surface area contributed by atoms with Crippen LogP contribution in [0.1, 0.15) is 13.8 Å². The average molecular weight is 292 g/mol. The van der Waals surface area contributed by atoms with Gasteiger partial charge in [-0.05, 0) is 27.9 Å². The normalized spacial score (nSPS) is 12.1. The number of anilines is 1. The van der Waals surface area contributed by atoms with Crippen LogP contribution in [0.3, 0.4) is 0 Å². The molecule has 1 aromatic heterocycles. The van der Waals surface area contributed by atoms with Crippen LogP contribution in [0.2, 0.25) is 0 Å². The summed E-state index contributed by atoms with van der Waals surface area (Å²) in [5, 5.41) is 0. The smallest absolute Gasteiger partial charge is 0.201 e. The standard InChI is InChI=1S/C15H24N4O2/c1-15(2,18(3)4)9-19-11-8-13(21-6)12(20-5)7-10(11)17-14(19)16/h7-8H,9H2,1-6H3,(H2,16,17). The summed E-state index contributed by atoms with van der Waals surface area (Å²) in [6.07, 6.45) is 0. The quantitative estimate of drug-likeness (QED) is 0.912. The fourth-order valence-electron chi connectivity index (χ4n) is 2.16. The van der Waals surface area contributed by atoms with Crippen molar-refractivity contribution in [2.75, 3.05) is 34.0 Å². The highest BCUT2D eigenvalue weighted by Crippen LogP contribution is 2.33. The van der Waals surface area contributed by atoms with Crippen LogP contribution in [0.15, 0.2) is 12.1 Å². The SMILES string of the molecule is COc1cc2nc(N)n(CC(C)(C)N(C)C)c2cc1OC. The molecule has 1 aromatic carbocycles. The van der Waals surface area contributed by atoms with Gasteiger partial charge in [-0.2, -0.15) is 0 Å². The number of benzene rings is 1. The second kappa shape index (κ2) is 5.44. The van der Waals surface area contributed by atoms with E-state index in [0.29, 0.717) is 17.4 Å². The monoisotopic (exact) mass is 292 g/mol. The van der Waals surface area contributed by atoms with Gasteiger partial charge in [0, 0.05) is 24.2 Å². The summed E-state index contributed by atoms with van der Waals surface area (Å²) in [7, 11) is 7.34. The summed E-state index contributed by atoms with van der Waals surface area (Å²) < 4.78 is 12.7. The van der Waals surface area contributed by atoms with Crippen molar-refractivity contribution in [1.29, 1.82) is 0 Å². The van der Waals surface area contributed by atoms with Gasteiger partial charge in [0.1, 0.15) is 0 Å². The fraction of sp³-hybridized carbons (Fsp3) is 0.533. The Balaban J connectivity index is 2.56. The van der Waals surface area contributed by atoms with E-state index in [0.717, 1.165) is 17.6 Å². The molecule has 0 aliphatic heterocycles. The van der Waals surface area contributed by atoms with E-state index >= 15 is 0 Å². The minimum atomic E-state index is -0.0467. The first-order valence-electron chi connectivity index (χ1n) is 6.85. The number of nitrogens with zero attached hydrogens (tertiary/aromatic N) is 3. The molecule has 0 saturated carbocycles. The summed E-state index contributed by atoms with van der Waals surface area (Å²) in [4.78, 5) is 6.59. The molecule has 0 aliphatic rings. The Labute approximate surface area is 125 Å². The van der Waals surface area contributed by atoms with Gasteiger partial charge in [0.15, 0.2) is 11.5 Å². The Morgan fingerprint density at radius 1 is 1.19 bits per heavy atom. The number of fused-ring (bicyclic) bond motifs is 1. The molecule has 2 N–H and O–H groups in total. The van der Waals surface area contributed by atoms with Gasteiger partial charge in [-0.15, -0.1) is 0 Å². The third kappa shape index (κ3) is 2.76. The predicted molar refractivity (Wildman–Crippen MR) is 85.0 cm³/mol. The average Bonchev–Trinajstić information content (AvgIpc) is 2.72. The van der Waals surface area contributed by atoms with Crippen molar-refractivity contribution in [3.8, 4) is 11.5 Å². The number of hydrogen-bond donors (Lipinski definition) is 1. The zero-order chi connectivity index (χ0) is 15.8. The molecule has 21 heavy (non-hydrogen) atoms. The molecule has 0 fully saturated rings. The zero-order valence-electron chi connectivity index (χ0n) is 13.6. The Morgan fingerprint density at radius 3 is 2.29 bits per heavy atom. The minimum Gasteiger partial charge on any atom is -0.493 e. The number of nitrogen functional groups attached to an aromatic ring is 1. The van der Waals surface area contributed by atoms with Crippen LogP contribution in [0.5, 0.6) is 11.5 Å². The molecule has 0 bridgehead atoms. The molecule has 116 valence electrons. The van der Waals surface area contributed by atoms with Crippen molar-refractivity contribution >= 4 is 17.0 Å². The lowest BCUT2D eigenvalue weighted by molar-refractivity contribution is 0.172. The topological polar surface area (TPSA) is 65.5 Å². The van der Waals surface area contributed by atoms with E-state index in [2.05, 4.69) is 37.8 Å². The Hall–Kier alpha value is -1.95. The highest BCUT2D eigenvalue weighted by molar-refractivity contribution is 5.82. The van der Waals surface area contributed by atoms with Gasteiger partial charge in [0.05, 0.1) is 25.3 Å². The lowest BCUT2D eigenvalue weighted by Crippen LogP contribution is -2.42. The molecule has 1 heterocycles. The van der Waals surface area contributed by atoms with E-state index in [9.17, 15) is 0 Å². The zero-order valence-corrected chi connectivity index (χ0v) is 13.6. The van der Waals surface area contributed by atoms with Crippen LogP contribution in [0.25, 0.3) is 11.0 Å². The molecular formula is C15H24N4O2. The van der Waals surface area contributed by atoms with Gasteiger partial charge in [-0.3, -0.25) is 0 Å². The predicted octanol–water partition coefficient (Wildman–Crippen LogP) is 1.98. The molecule has 0 spiro atoms. The molecule has 0 unspecified atom stereocenters. The van der Waals surface area contributed by atoms with Crippen LogP contribution in [-0.2, 0) is 6.54 Å². The summed E-state index contributed by atoms with van der Waals surface area (Å²) in [5.41, 5.74) is 7.80. The number of aromatic nitrogens is 2. The molecule has 0 atom stereocenters. The van der Waals surface area contributed by atoms with E-state index in [-0.39, 0.29) is 5.54 Å². The van der Waals surface area contributed by atoms with E-state index < -0.39 is 0 Å². The van der Waals surface area contributed by atoms with Crippen LogP contribution >= 0.6 is 0 Å². The Bertz CT molecular complexity index is 647. The van der Waals surface area contributed by atoms with Gasteiger partial charge in [-0.1, -0.05) is 0 Å². The van der Waals surface area contributed by atoms with Gasteiger partial charge in [0.25, 0.3) is 0 Å². The van der Waals surface area contributed by atoms with Crippen LogP contribution in [0, 0.1) is 0 Å². The molecule has 2 rings (SSSR count). The van der Waals surface area contributed by atoms with Crippen molar-refractivity contribution in [3.05, 3.63) is 12.1 Å². The summed E-state index contributed by atoms with van der Waals surface area (Å²) >= 11 is 0. The second-order valence-electron chi connectivity index (χ2n) is 5.96. The largest absolute Gasteiger partial charge is 0.493 e. The third-order valence-corrected chi connectivity index (χ3v) is 4.04. The Morgan fingerprint density at radius 2 is 1.76 bits per heavy atom. The maximum Gasteiger partial charge on any atom is 0.201 e. The molecule has 0 aliphatic carbocycles. The van der Waals surface area contributed by atoms with Gasteiger partial charge in [0.2, 0.25) is 5.95 Å². The molecular weight excluding hydrogens is 268 g/mol. The van der Waals surface area contributed by atoms with Crippen molar-refractivity contribution < 1.29 is 9.47 Å². The van der Waals surface area contributed by atoms with Crippen molar-refractivity contribution in [3.63, 3.8) is 0 Å². The van der Waals surface area contributed by atoms with Gasteiger partial charge in [-0.25, -0.2) is 4.98 Å². The number of imidazole rings is 1. The summed E-state index contributed by atoms with van der Waals surface area (Å²) in [6, 6.07) is 3.77. The van der Waals surface area contributed by atoms with Gasteiger partial charge >= 0.3 is 0 Å². The molecule has 0 saturated heterocycles. The maximum atomic E-state index is 6.10. The van der Waals surface area contributed by atoms with Crippen LogP contribution in [-0.4, -0.2) is 48.3 Å². The van der Waals surface area contributed by atoms with E-state index in [1.54, 1.807) is 14.2 Å². The molecule has 6 nitrogen and oxygen atoms in total. The van der Waals surface area contributed by atoms with E-state index in [1.807, 2.05) is 16.7 Å². The molecule has 0 radical (unpaired) electrons. The number of hydrogen-bond acceptors (Lipinski definition) is 5. The van der Waals surface area contributed by atoms with Crippen molar-refractivity contribution in [2.45, 2.75) is 25.9 Å².